The highest BCUT2D eigenvalue weighted by Gasteiger charge is 2.10. The van der Waals surface area contributed by atoms with Gasteiger partial charge in [-0.15, -0.1) is 0 Å². The Bertz CT molecular complexity index is 429. The van der Waals surface area contributed by atoms with Gasteiger partial charge in [-0.3, -0.25) is 4.79 Å². The van der Waals surface area contributed by atoms with E-state index in [2.05, 4.69) is 11.8 Å². The number of rotatable bonds is 4. The second-order valence-corrected chi connectivity index (χ2v) is 3.19. The van der Waals surface area contributed by atoms with Crippen molar-refractivity contribution in [2.24, 2.45) is 0 Å². The minimum Gasteiger partial charge on any atom is -0.495 e. The van der Waals surface area contributed by atoms with Crippen LogP contribution in [0.5, 0.6) is 11.5 Å². The van der Waals surface area contributed by atoms with Crippen molar-refractivity contribution in [3.8, 4) is 23.3 Å². The van der Waals surface area contributed by atoms with Crippen molar-refractivity contribution in [3.05, 3.63) is 23.3 Å². The summed E-state index contributed by atoms with van der Waals surface area (Å²) in [5, 5.41) is 8.67. The molecule has 0 aliphatic rings. The Hall–Kier alpha value is -1.99. The molecule has 0 unspecified atom stereocenters. The van der Waals surface area contributed by atoms with E-state index in [0.29, 0.717) is 29.0 Å². The summed E-state index contributed by atoms with van der Waals surface area (Å²) in [4.78, 5) is 10.7. The number of aliphatic hydroxyl groups is 1. The van der Waals surface area contributed by atoms with Crippen molar-refractivity contribution in [2.45, 2.75) is 6.42 Å². The molecule has 0 atom stereocenters. The van der Waals surface area contributed by atoms with Gasteiger partial charge in [-0.1, -0.05) is 11.8 Å². The van der Waals surface area contributed by atoms with E-state index in [-0.39, 0.29) is 6.61 Å². The maximum atomic E-state index is 10.7. The van der Waals surface area contributed by atoms with E-state index in [1.54, 1.807) is 12.1 Å². The molecule has 4 heteroatoms. The fourth-order valence-corrected chi connectivity index (χ4v) is 1.33. The molecule has 0 saturated carbocycles. The molecule has 0 bridgehead atoms. The van der Waals surface area contributed by atoms with Crippen LogP contribution in [0.25, 0.3) is 0 Å². The minimum absolute atomic E-state index is 0.00402. The van der Waals surface area contributed by atoms with E-state index in [0.717, 1.165) is 6.29 Å². The lowest BCUT2D eigenvalue weighted by molar-refractivity contribution is 0.112. The largest absolute Gasteiger partial charge is 0.495 e. The molecule has 1 N–H and O–H groups in total. The molecule has 0 aromatic heterocycles. The molecule has 0 amide bonds. The average Bonchev–Trinajstić information content (AvgIpc) is 2.38. The predicted octanol–water partition coefficient (Wildman–Crippen LogP) is 1.25. The van der Waals surface area contributed by atoms with Crippen LogP contribution in [0.1, 0.15) is 22.3 Å². The normalized spacial score (nSPS) is 9.12. The molecule has 0 aliphatic heterocycles. The average molecular weight is 234 g/mol. The Morgan fingerprint density at radius 2 is 1.88 bits per heavy atom. The number of hydrogen-bond donors (Lipinski definition) is 1. The van der Waals surface area contributed by atoms with Gasteiger partial charge in [0.25, 0.3) is 0 Å². The number of carbonyl (C=O) groups excluding carboxylic acids is 1. The van der Waals surface area contributed by atoms with E-state index in [9.17, 15) is 4.79 Å². The zero-order valence-corrected chi connectivity index (χ0v) is 9.82. The maximum Gasteiger partial charge on any atom is 0.150 e. The highest BCUT2D eigenvalue weighted by Crippen LogP contribution is 2.29. The molecule has 0 aliphatic carbocycles. The van der Waals surface area contributed by atoms with Gasteiger partial charge in [-0.05, 0) is 12.1 Å². The molecule has 1 aromatic carbocycles. The Labute approximate surface area is 100 Å². The molecule has 0 fully saturated rings. The van der Waals surface area contributed by atoms with E-state index in [4.69, 9.17) is 14.6 Å². The third-order valence-electron chi connectivity index (χ3n) is 2.11. The first-order valence-electron chi connectivity index (χ1n) is 5.07. The quantitative estimate of drug-likeness (QED) is 0.629. The first-order valence-corrected chi connectivity index (χ1v) is 5.07. The summed E-state index contributed by atoms with van der Waals surface area (Å²) in [5.74, 6) is 6.62. The van der Waals surface area contributed by atoms with Crippen LogP contribution in [0, 0.1) is 11.8 Å². The predicted molar refractivity (Wildman–Crippen MR) is 63.5 cm³/mol. The van der Waals surface area contributed by atoms with Crippen LogP contribution >= 0.6 is 0 Å². The van der Waals surface area contributed by atoms with Gasteiger partial charge >= 0.3 is 0 Å². The summed E-state index contributed by atoms with van der Waals surface area (Å²) >= 11 is 0. The van der Waals surface area contributed by atoms with Crippen LogP contribution in [-0.4, -0.2) is 32.2 Å². The van der Waals surface area contributed by atoms with Gasteiger partial charge in [0, 0.05) is 12.0 Å². The van der Waals surface area contributed by atoms with Crippen LogP contribution in [0.2, 0.25) is 0 Å². The highest BCUT2D eigenvalue weighted by atomic mass is 16.5. The van der Waals surface area contributed by atoms with Crippen LogP contribution in [0.15, 0.2) is 12.1 Å². The van der Waals surface area contributed by atoms with Gasteiger partial charge < -0.3 is 14.6 Å². The van der Waals surface area contributed by atoms with Gasteiger partial charge in [0.05, 0.1) is 20.8 Å². The summed E-state index contributed by atoms with van der Waals surface area (Å²) < 4.78 is 10.3. The molecule has 17 heavy (non-hydrogen) atoms. The van der Waals surface area contributed by atoms with Crippen molar-refractivity contribution < 1.29 is 19.4 Å². The van der Waals surface area contributed by atoms with E-state index in [1.807, 2.05) is 0 Å². The van der Waals surface area contributed by atoms with Crippen LogP contribution in [0.4, 0.5) is 0 Å². The lowest BCUT2D eigenvalue weighted by Gasteiger charge is -2.09. The second kappa shape index (κ2) is 6.56. The van der Waals surface area contributed by atoms with Crippen LogP contribution in [0.3, 0.4) is 0 Å². The molecule has 0 saturated heterocycles. The standard InChI is InChI=1S/C13H14O4/c1-16-12-7-10(9-15)8-13(17-2)11(12)5-3-4-6-14/h7-9,14H,4,6H2,1-2H3. The van der Waals surface area contributed by atoms with Crippen LogP contribution in [-0.2, 0) is 0 Å². The van der Waals surface area contributed by atoms with Gasteiger partial charge in [0.15, 0.2) is 0 Å². The van der Waals surface area contributed by atoms with E-state index >= 15 is 0 Å². The van der Waals surface area contributed by atoms with E-state index < -0.39 is 0 Å². The molecule has 1 aromatic rings. The summed E-state index contributed by atoms with van der Waals surface area (Å²) in [7, 11) is 3.00. The number of carbonyl (C=O) groups is 1. The summed E-state index contributed by atoms with van der Waals surface area (Å²) in [6, 6.07) is 3.19. The molecule has 0 heterocycles. The monoisotopic (exact) mass is 234 g/mol. The molecule has 0 radical (unpaired) electrons. The lowest BCUT2D eigenvalue weighted by Crippen LogP contribution is -1.96. The summed E-state index contributed by atoms with van der Waals surface area (Å²) in [6.45, 7) is 0.00402. The molecular formula is C13H14O4. The zero-order valence-electron chi connectivity index (χ0n) is 9.82. The Morgan fingerprint density at radius 1 is 1.29 bits per heavy atom. The topological polar surface area (TPSA) is 55.8 Å². The Kier molecular flexibility index (Phi) is 5.05. The number of hydrogen-bond acceptors (Lipinski definition) is 4. The van der Waals surface area contributed by atoms with Crippen molar-refractivity contribution in [1.29, 1.82) is 0 Å². The SMILES string of the molecule is COc1cc(C=O)cc(OC)c1C#CCCO. The Morgan fingerprint density at radius 3 is 2.29 bits per heavy atom. The van der Waals surface area contributed by atoms with Gasteiger partial charge in [-0.25, -0.2) is 0 Å². The van der Waals surface area contributed by atoms with Crippen LogP contribution < -0.4 is 9.47 Å². The van der Waals surface area contributed by atoms with Crippen molar-refractivity contribution in [2.75, 3.05) is 20.8 Å². The van der Waals surface area contributed by atoms with E-state index in [1.165, 1.54) is 14.2 Å². The van der Waals surface area contributed by atoms with Crippen molar-refractivity contribution in [3.63, 3.8) is 0 Å². The smallest absolute Gasteiger partial charge is 0.150 e. The van der Waals surface area contributed by atoms with Gasteiger partial charge in [-0.2, -0.15) is 0 Å². The van der Waals surface area contributed by atoms with Crippen molar-refractivity contribution >= 4 is 6.29 Å². The lowest BCUT2D eigenvalue weighted by atomic mass is 10.1. The zero-order chi connectivity index (χ0) is 12.7. The second-order valence-electron chi connectivity index (χ2n) is 3.19. The number of aliphatic hydroxyl groups excluding tert-OH is 1. The summed E-state index contributed by atoms with van der Waals surface area (Å²) in [5.41, 5.74) is 1.04. The number of ether oxygens (including phenoxy) is 2. The molecule has 0 spiro atoms. The molecular weight excluding hydrogens is 220 g/mol. The number of benzene rings is 1. The highest BCUT2D eigenvalue weighted by molar-refractivity contribution is 5.78. The first-order chi connectivity index (χ1) is 8.26. The number of methoxy groups -OCH3 is 2. The molecule has 1 rings (SSSR count). The first kappa shape index (κ1) is 13.1. The fraction of sp³-hybridized carbons (Fsp3) is 0.308. The number of aldehydes is 1. The molecule has 90 valence electrons. The molecule has 4 nitrogen and oxygen atoms in total. The van der Waals surface area contributed by atoms with Gasteiger partial charge in [0.1, 0.15) is 23.3 Å². The summed E-state index contributed by atoms with van der Waals surface area (Å²) in [6.07, 6.45) is 1.09. The van der Waals surface area contributed by atoms with Crippen molar-refractivity contribution in [1.82, 2.24) is 0 Å². The fourth-order valence-electron chi connectivity index (χ4n) is 1.33. The maximum absolute atomic E-state index is 10.7. The third-order valence-corrected chi connectivity index (χ3v) is 2.11. The third kappa shape index (κ3) is 3.23. The van der Waals surface area contributed by atoms with Gasteiger partial charge in [0.2, 0.25) is 0 Å². The minimum atomic E-state index is 0.00402. The Balaban J connectivity index is 3.25.